The Morgan fingerprint density at radius 3 is 2.94 bits per heavy atom. The molecule has 1 fully saturated rings. The van der Waals surface area contributed by atoms with E-state index in [1.807, 2.05) is 0 Å². The van der Waals surface area contributed by atoms with E-state index in [1.54, 1.807) is 12.1 Å². The van der Waals surface area contributed by atoms with Crippen LogP contribution < -0.4 is 5.73 Å². The van der Waals surface area contributed by atoms with Crippen LogP contribution in [0.1, 0.15) is 24.8 Å². The minimum atomic E-state index is -0.288. The Kier molecular flexibility index (Phi) is 4.37. The highest BCUT2D eigenvalue weighted by Gasteiger charge is 2.23. The lowest BCUT2D eigenvalue weighted by molar-refractivity contribution is 0.000515. The maximum Gasteiger partial charge on any atom is 0.127 e. The van der Waals surface area contributed by atoms with Crippen molar-refractivity contribution in [3.8, 4) is 0 Å². The first-order valence-electron chi connectivity index (χ1n) is 5.98. The molecule has 2 atom stereocenters. The Labute approximate surface area is 106 Å². The molecule has 0 aliphatic carbocycles. The third-order valence-electron chi connectivity index (χ3n) is 3.19. The molecule has 2 unspecified atom stereocenters. The van der Waals surface area contributed by atoms with Crippen molar-refractivity contribution in [1.82, 2.24) is 0 Å². The van der Waals surface area contributed by atoms with E-state index in [-0.39, 0.29) is 18.0 Å². The third kappa shape index (κ3) is 3.18. The highest BCUT2D eigenvalue weighted by Crippen LogP contribution is 2.23. The van der Waals surface area contributed by atoms with Crippen molar-refractivity contribution in [2.24, 2.45) is 5.73 Å². The summed E-state index contributed by atoms with van der Waals surface area (Å²) in [4.78, 5) is 0. The smallest absolute Gasteiger partial charge is 0.127 e. The van der Waals surface area contributed by atoms with Crippen LogP contribution in [0.5, 0.6) is 0 Å². The molecule has 2 N–H and O–H groups in total. The Bertz CT molecular complexity index is 359. The van der Waals surface area contributed by atoms with Gasteiger partial charge in [-0.3, -0.25) is 0 Å². The van der Waals surface area contributed by atoms with Gasteiger partial charge in [-0.2, -0.15) is 0 Å². The average Bonchev–Trinajstić information content (AvgIpc) is 2.35. The molecule has 1 aromatic carbocycles. The summed E-state index contributed by atoms with van der Waals surface area (Å²) in [5.41, 5.74) is 6.56. The summed E-state index contributed by atoms with van der Waals surface area (Å²) >= 11 is 5.98. The first kappa shape index (κ1) is 12.8. The van der Waals surface area contributed by atoms with Crippen molar-refractivity contribution in [1.29, 1.82) is 0 Å². The van der Waals surface area contributed by atoms with Crippen LogP contribution >= 0.6 is 11.6 Å². The van der Waals surface area contributed by atoms with Gasteiger partial charge in [0.15, 0.2) is 0 Å². The number of hydrogen-bond donors (Lipinski definition) is 1. The summed E-state index contributed by atoms with van der Waals surface area (Å²) in [5, 5.41) is 0.441. The lowest BCUT2D eigenvalue weighted by Crippen LogP contribution is -2.40. The van der Waals surface area contributed by atoms with Gasteiger partial charge < -0.3 is 10.5 Å². The molecule has 0 spiro atoms. The van der Waals surface area contributed by atoms with Crippen molar-refractivity contribution in [2.75, 3.05) is 6.61 Å². The zero-order chi connectivity index (χ0) is 12.3. The molecular formula is C13H17ClFNO. The summed E-state index contributed by atoms with van der Waals surface area (Å²) in [5.74, 6) is -0.288. The van der Waals surface area contributed by atoms with E-state index < -0.39 is 0 Å². The first-order valence-corrected chi connectivity index (χ1v) is 6.36. The Morgan fingerprint density at radius 1 is 1.47 bits per heavy atom. The van der Waals surface area contributed by atoms with E-state index in [4.69, 9.17) is 22.1 Å². The molecule has 0 radical (unpaired) electrons. The minimum absolute atomic E-state index is 0.0272. The Morgan fingerprint density at radius 2 is 2.29 bits per heavy atom. The quantitative estimate of drug-likeness (QED) is 0.904. The third-order valence-corrected chi connectivity index (χ3v) is 3.55. The van der Waals surface area contributed by atoms with Gasteiger partial charge in [0, 0.05) is 23.2 Å². The maximum absolute atomic E-state index is 13.6. The normalized spacial score (nSPS) is 22.4. The zero-order valence-corrected chi connectivity index (χ0v) is 10.4. The van der Waals surface area contributed by atoms with Crippen LogP contribution in [0, 0.1) is 5.82 Å². The number of nitrogens with two attached hydrogens (primary N) is 1. The van der Waals surface area contributed by atoms with Crippen LogP contribution in [0.25, 0.3) is 0 Å². The highest BCUT2D eigenvalue weighted by atomic mass is 35.5. The van der Waals surface area contributed by atoms with Crippen molar-refractivity contribution in [3.05, 3.63) is 34.6 Å². The summed E-state index contributed by atoms with van der Waals surface area (Å²) < 4.78 is 19.2. The van der Waals surface area contributed by atoms with E-state index in [2.05, 4.69) is 0 Å². The van der Waals surface area contributed by atoms with Gasteiger partial charge in [-0.05, 0) is 37.8 Å². The fourth-order valence-corrected chi connectivity index (χ4v) is 2.44. The summed E-state index contributed by atoms with van der Waals surface area (Å²) in [6.07, 6.45) is 3.62. The molecule has 2 rings (SSSR count). The van der Waals surface area contributed by atoms with Crippen molar-refractivity contribution >= 4 is 11.6 Å². The summed E-state index contributed by atoms with van der Waals surface area (Å²) in [6, 6.07) is 4.51. The molecule has 1 heterocycles. The minimum Gasteiger partial charge on any atom is -0.377 e. The average molecular weight is 258 g/mol. The molecule has 1 saturated heterocycles. The molecule has 4 heteroatoms. The largest absolute Gasteiger partial charge is 0.377 e. The number of halogens is 2. The van der Waals surface area contributed by atoms with Crippen molar-refractivity contribution in [2.45, 2.75) is 37.8 Å². The fourth-order valence-electron chi connectivity index (χ4n) is 2.20. The van der Waals surface area contributed by atoms with E-state index >= 15 is 0 Å². The topological polar surface area (TPSA) is 35.2 Å². The first-order chi connectivity index (χ1) is 8.18. The van der Waals surface area contributed by atoms with Gasteiger partial charge in [-0.1, -0.05) is 17.7 Å². The molecule has 17 heavy (non-hydrogen) atoms. The molecule has 0 amide bonds. The SMILES string of the molecule is NC(Cc1c(F)cccc1Cl)C1CCCCO1. The monoisotopic (exact) mass is 257 g/mol. The number of rotatable bonds is 3. The number of ether oxygens (including phenoxy) is 1. The van der Waals surface area contributed by atoms with E-state index in [0.717, 1.165) is 25.9 Å². The molecule has 0 bridgehead atoms. The van der Waals surface area contributed by atoms with Crippen LogP contribution in [0.3, 0.4) is 0 Å². The molecule has 1 aliphatic heterocycles. The summed E-state index contributed by atoms with van der Waals surface area (Å²) in [6.45, 7) is 0.753. The predicted octanol–water partition coefficient (Wildman–Crippen LogP) is 2.92. The maximum atomic E-state index is 13.6. The van der Waals surface area contributed by atoms with E-state index in [0.29, 0.717) is 17.0 Å². The molecule has 2 nitrogen and oxygen atoms in total. The molecule has 0 saturated carbocycles. The van der Waals surface area contributed by atoms with Crippen LogP contribution in [0.4, 0.5) is 4.39 Å². The van der Waals surface area contributed by atoms with Gasteiger partial charge in [0.2, 0.25) is 0 Å². The second-order valence-corrected chi connectivity index (χ2v) is 4.88. The predicted molar refractivity (Wildman–Crippen MR) is 66.7 cm³/mol. The van der Waals surface area contributed by atoms with Crippen LogP contribution in [0.15, 0.2) is 18.2 Å². The Hall–Kier alpha value is -0.640. The summed E-state index contributed by atoms with van der Waals surface area (Å²) in [7, 11) is 0. The second kappa shape index (κ2) is 5.80. The highest BCUT2D eigenvalue weighted by molar-refractivity contribution is 6.31. The van der Waals surface area contributed by atoms with Gasteiger partial charge in [0.05, 0.1) is 6.10 Å². The van der Waals surface area contributed by atoms with Crippen LogP contribution in [0.2, 0.25) is 5.02 Å². The van der Waals surface area contributed by atoms with Gasteiger partial charge in [-0.15, -0.1) is 0 Å². The molecule has 1 aromatic rings. The van der Waals surface area contributed by atoms with Crippen LogP contribution in [-0.2, 0) is 11.2 Å². The molecular weight excluding hydrogens is 241 g/mol. The lowest BCUT2D eigenvalue weighted by Gasteiger charge is -2.28. The molecule has 0 aromatic heterocycles. The zero-order valence-electron chi connectivity index (χ0n) is 9.66. The van der Waals surface area contributed by atoms with Gasteiger partial charge >= 0.3 is 0 Å². The number of benzene rings is 1. The van der Waals surface area contributed by atoms with Crippen molar-refractivity contribution in [3.63, 3.8) is 0 Å². The Balaban J connectivity index is 2.04. The van der Waals surface area contributed by atoms with Gasteiger partial charge in [0.25, 0.3) is 0 Å². The van der Waals surface area contributed by atoms with E-state index in [1.165, 1.54) is 6.07 Å². The number of hydrogen-bond acceptors (Lipinski definition) is 2. The fraction of sp³-hybridized carbons (Fsp3) is 0.538. The standard InChI is InChI=1S/C13H17ClFNO/c14-10-4-3-5-11(15)9(10)8-12(16)13-6-1-2-7-17-13/h3-5,12-13H,1-2,6-8,16H2. The second-order valence-electron chi connectivity index (χ2n) is 4.47. The van der Waals surface area contributed by atoms with Crippen molar-refractivity contribution < 1.29 is 9.13 Å². The van der Waals surface area contributed by atoms with Crippen LogP contribution in [-0.4, -0.2) is 18.8 Å². The van der Waals surface area contributed by atoms with E-state index in [9.17, 15) is 4.39 Å². The van der Waals surface area contributed by atoms with Gasteiger partial charge in [0.1, 0.15) is 5.82 Å². The molecule has 1 aliphatic rings. The van der Waals surface area contributed by atoms with Gasteiger partial charge in [-0.25, -0.2) is 4.39 Å². The molecule has 94 valence electrons. The lowest BCUT2D eigenvalue weighted by atomic mass is 9.96.